The lowest BCUT2D eigenvalue weighted by Crippen LogP contribution is -2.23. The molecule has 0 saturated carbocycles. The number of hydrogen-bond donors (Lipinski definition) is 1. The number of halogens is 2. The third-order valence-electron chi connectivity index (χ3n) is 2.88. The van der Waals surface area contributed by atoms with Crippen LogP contribution in [0.5, 0.6) is 0 Å². The maximum Gasteiger partial charge on any atom is 0.237 e. The lowest BCUT2D eigenvalue weighted by atomic mass is 10.3. The maximum atomic E-state index is 12.3. The van der Waals surface area contributed by atoms with Crippen LogP contribution < -0.4 is 5.32 Å². The molecule has 5 nitrogen and oxygen atoms in total. The molecule has 1 aromatic carbocycles. The zero-order valence-corrected chi connectivity index (χ0v) is 14.7. The predicted molar refractivity (Wildman–Crippen MR) is 90.8 cm³/mol. The van der Waals surface area contributed by atoms with E-state index in [-0.39, 0.29) is 17.2 Å². The highest BCUT2D eigenvalue weighted by atomic mass is 35.5. The molecule has 118 valence electrons. The van der Waals surface area contributed by atoms with E-state index in [1.807, 2.05) is 25.3 Å². The average Bonchev–Trinajstić information content (AvgIpc) is 2.85. The Morgan fingerprint density at radius 2 is 1.86 bits per heavy atom. The van der Waals surface area contributed by atoms with E-state index in [2.05, 4.69) is 15.5 Å². The second kappa shape index (κ2) is 7.35. The highest BCUT2D eigenvalue weighted by Gasteiger charge is 2.19. The summed E-state index contributed by atoms with van der Waals surface area (Å²) in [4.78, 5) is 12.3. The molecular weight excluding hydrogens is 343 g/mol. The first-order valence-corrected chi connectivity index (χ1v) is 8.33. The van der Waals surface area contributed by atoms with Crippen molar-refractivity contribution < 1.29 is 4.79 Å². The van der Waals surface area contributed by atoms with Crippen LogP contribution in [0.3, 0.4) is 0 Å². The molecule has 2 aromatic rings. The standard InChI is InChI=1S/C14H16Cl2N4OS/c1-8(2)20-7-17-19-14(20)22-9(3)13(21)18-12-5-10(15)4-11(16)6-12/h4-9H,1-3H3,(H,18,21)/t9-/m1/s1. The zero-order chi connectivity index (χ0) is 16.3. The van der Waals surface area contributed by atoms with Crippen molar-refractivity contribution in [2.45, 2.75) is 37.2 Å². The van der Waals surface area contributed by atoms with Gasteiger partial charge in [0, 0.05) is 21.8 Å². The van der Waals surface area contributed by atoms with Gasteiger partial charge in [0.1, 0.15) is 6.33 Å². The van der Waals surface area contributed by atoms with Crippen LogP contribution >= 0.6 is 35.0 Å². The number of thioether (sulfide) groups is 1. The fraction of sp³-hybridized carbons (Fsp3) is 0.357. The summed E-state index contributed by atoms with van der Waals surface area (Å²) < 4.78 is 1.92. The van der Waals surface area contributed by atoms with E-state index < -0.39 is 0 Å². The lowest BCUT2D eigenvalue weighted by Gasteiger charge is -2.14. The monoisotopic (exact) mass is 358 g/mol. The summed E-state index contributed by atoms with van der Waals surface area (Å²) in [5.41, 5.74) is 0.570. The molecule has 0 aliphatic rings. The van der Waals surface area contributed by atoms with Crippen LogP contribution in [0.25, 0.3) is 0 Å². The number of benzene rings is 1. The number of anilines is 1. The van der Waals surface area contributed by atoms with Gasteiger partial charge in [-0.15, -0.1) is 10.2 Å². The Labute approximate surface area is 143 Å². The molecule has 0 spiro atoms. The molecule has 8 heteroatoms. The number of amides is 1. The van der Waals surface area contributed by atoms with E-state index in [1.165, 1.54) is 11.8 Å². The quantitative estimate of drug-likeness (QED) is 0.810. The van der Waals surface area contributed by atoms with Gasteiger partial charge in [0.25, 0.3) is 0 Å². The summed E-state index contributed by atoms with van der Waals surface area (Å²) >= 11 is 13.2. The number of rotatable bonds is 5. The molecule has 0 fully saturated rings. The van der Waals surface area contributed by atoms with E-state index in [0.717, 1.165) is 0 Å². The highest BCUT2D eigenvalue weighted by Crippen LogP contribution is 2.26. The Hall–Kier alpha value is -1.24. The second-order valence-corrected chi connectivity index (χ2v) is 7.20. The molecule has 0 aliphatic heterocycles. The van der Waals surface area contributed by atoms with Gasteiger partial charge in [-0.2, -0.15) is 0 Å². The highest BCUT2D eigenvalue weighted by molar-refractivity contribution is 8.00. The van der Waals surface area contributed by atoms with Crippen molar-refractivity contribution in [2.24, 2.45) is 0 Å². The van der Waals surface area contributed by atoms with Crippen LogP contribution in [0.2, 0.25) is 10.0 Å². The molecule has 0 unspecified atom stereocenters. The topological polar surface area (TPSA) is 59.8 Å². The van der Waals surface area contributed by atoms with Crippen molar-refractivity contribution in [2.75, 3.05) is 5.32 Å². The number of carbonyl (C=O) groups is 1. The van der Waals surface area contributed by atoms with Crippen LogP contribution in [-0.4, -0.2) is 25.9 Å². The van der Waals surface area contributed by atoms with Gasteiger partial charge in [-0.3, -0.25) is 4.79 Å². The minimum absolute atomic E-state index is 0.151. The number of nitrogens with zero attached hydrogens (tertiary/aromatic N) is 3. The summed E-state index contributed by atoms with van der Waals surface area (Å²) in [5.74, 6) is -0.151. The molecule has 22 heavy (non-hydrogen) atoms. The SMILES string of the molecule is CC(C)n1cnnc1S[C@H](C)C(=O)Nc1cc(Cl)cc(Cl)c1. The van der Waals surface area contributed by atoms with E-state index in [1.54, 1.807) is 24.5 Å². The van der Waals surface area contributed by atoms with Crippen molar-refractivity contribution in [3.8, 4) is 0 Å². The number of carbonyl (C=O) groups excluding carboxylic acids is 1. The second-order valence-electron chi connectivity index (χ2n) is 5.02. The largest absolute Gasteiger partial charge is 0.325 e. The molecule has 1 aromatic heterocycles. The van der Waals surface area contributed by atoms with Crippen LogP contribution in [0.4, 0.5) is 5.69 Å². The van der Waals surface area contributed by atoms with Gasteiger partial charge in [-0.05, 0) is 39.0 Å². The Balaban J connectivity index is 2.04. The van der Waals surface area contributed by atoms with Crippen LogP contribution in [-0.2, 0) is 4.79 Å². The van der Waals surface area contributed by atoms with Gasteiger partial charge in [0.15, 0.2) is 5.16 Å². The van der Waals surface area contributed by atoms with Crippen molar-refractivity contribution in [1.82, 2.24) is 14.8 Å². The minimum atomic E-state index is -0.334. The molecule has 1 amide bonds. The lowest BCUT2D eigenvalue weighted by molar-refractivity contribution is -0.115. The Morgan fingerprint density at radius 3 is 2.45 bits per heavy atom. The van der Waals surface area contributed by atoms with Crippen molar-refractivity contribution in [3.05, 3.63) is 34.6 Å². The minimum Gasteiger partial charge on any atom is -0.325 e. The van der Waals surface area contributed by atoms with E-state index >= 15 is 0 Å². The van der Waals surface area contributed by atoms with Crippen molar-refractivity contribution in [3.63, 3.8) is 0 Å². The summed E-state index contributed by atoms with van der Waals surface area (Å²) in [6.07, 6.45) is 1.66. The van der Waals surface area contributed by atoms with E-state index in [9.17, 15) is 4.79 Å². The van der Waals surface area contributed by atoms with Crippen LogP contribution in [0.15, 0.2) is 29.7 Å². The normalized spacial score (nSPS) is 12.5. The molecular formula is C14H16Cl2N4OS. The Morgan fingerprint density at radius 1 is 1.23 bits per heavy atom. The fourth-order valence-electron chi connectivity index (χ4n) is 1.75. The molecule has 0 bridgehead atoms. The number of hydrogen-bond acceptors (Lipinski definition) is 4. The summed E-state index contributed by atoms with van der Waals surface area (Å²) in [6.45, 7) is 5.88. The summed E-state index contributed by atoms with van der Waals surface area (Å²) in [6, 6.07) is 5.15. The van der Waals surface area contributed by atoms with Gasteiger partial charge >= 0.3 is 0 Å². The van der Waals surface area contributed by atoms with Crippen molar-refractivity contribution >= 4 is 46.6 Å². The first-order chi connectivity index (χ1) is 10.4. The average molecular weight is 359 g/mol. The van der Waals surface area contributed by atoms with Crippen LogP contribution in [0.1, 0.15) is 26.8 Å². The molecule has 1 atom stereocenters. The zero-order valence-electron chi connectivity index (χ0n) is 12.4. The maximum absolute atomic E-state index is 12.3. The van der Waals surface area contributed by atoms with Crippen molar-refractivity contribution in [1.29, 1.82) is 0 Å². The summed E-state index contributed by atoms with van der Waals surface area (Å²) in [5, 5.41) is 12.1. The first kappa shape index (κ1) is 17.1. The smallest absolute Gasteiger partial charge is 0.237 e. The van der Waals surface area contributed by atoms with Gasteiger partial charge in [-0.25, -0.2) is 0 Å². The summed E-state index contributed by atoms with van der Waals surface area (Å²) in [7, 11) is 0. The molecule has 0 radical (unpaired) electrons. The van der Waals surface area contributed by atoms with Gasteiger partial charge in [0.05, 0.1) is 5.25 Å². The first-order valence-electron chi connectivity index (χ1n) is 6.70. The Kier molecular flexibility index (Phi) is 5.72. The number of aromatic nitrogens is 3. The molecule has 0 saturated heterocycles. The predicted octanol–water partition coefficient (Wildman–Crippen LogP) is 4.29. The molecule has 1 N–H and O–H groups in total. The third kappa shape index (κ3) is 4.38. The van der Waals surface area contributed by atoms with E-state index in [0.29, 0.717) is 20.9 Å². The van der Waals surface area contributed by atoms with Gasteiger partial charge in [-0.1, -0.05) is 35.0 Å². The van der Waals surface area contributed by atoms with Crippen LogP contribution in [0, 0.1) is 0 Å². The van der Waals surface area contributed by atoms with Gasteiger partial charge in [0.2, 0.25) is 5.91 Å². The molecule has 2 rings (SSSR count). The third-order valence-corrected chi connectivity index (χ3v) is 4.39. The van der Waals surface area contributed by atoms with E-state index in [4.69, 9.17) is 23.2 Å². The fourth-order valence-corrected chi connectivity index (χ4v) is 3.23. The Bertz CT molecular complexity index is 654. The molecule has 1 heterocycles. The number of nitrogens with one attached hydrogen (secondary N) is 1. The van der Waals surface area contributed by atoms with Gasteiger partial charge < -0.3 is 9.88 Å². The molecule has 0 aliphatic carbocycles.